The van der Waals surface area contributed by atoms with Gasteiger partial charge in [0.05, 0.1) is 19.4 Å². The quantitative estimate of drug-likeness (QED) is 0.197. The number of phenolic OH excluding ortho intramolecular Hbond substituents is 1. The summed E-state index contributed by atoms with van der Waals surface area (Å²) in [5.74, 6) is -3.50. The number of hydrogen-bond acceptors (Lipinski definition) is 9. The number of benzene rings is 1. The van der Waals surface area contributed by atoms with Gasteiger partial charge in [-0.25, -0.2) is 9.78 Å². The van der Waals surface area contributed by atoms with Crippen LogP contribution in [-0.4, -0.2) is 87.3 Å². The molecule has 4 rings (SSSR count). The first-order valence-electron chi connectivity index (χ1n) is 13.7. The summed E-state index contributed by atoms with van der Waals surface area (Å²) in [6.45, 7) is 7.02. The van der Waals surface area contributed by atoms with Crippen LogP contribution >= 0.6 is 0 Å². The van der Waals surface area contributed by atoms with Crippen molar-refractivity contribution in [2.24, 2.45) is 7.05 Å². The van der Waals surface area contributed by atoms with Crippen LogP contribution in [0.4, 0.5) is 0 Å². The molecule has 1 aromatic carbocycles. The van der Waals surface area contributed by atoms with Gasteiger partial charge >= 0.3 is 17.9 Å². The molecule has 13 heteroatoms. The summed E-state index contributed by atoms with van der Waals surface area (Å²) in [5, 5.41) is 55.6. The molecule has 2 fully saturated rings. The number of aliphatic hydroxyl groups is 2. The highest BCUT2D eigenvalue weighted by Crippen LogP contribution is 2.46. The topological polar surface area (TPSA) is 203 Å². The number of ether oxygens (including phenoxy) is 1. The van der Waals surface area contributed by atoms with Gasteiger partial charge in [-0.1, -0.05) is 12.1 Å². The number of nitrogens with zero attached hydrogens (tertiary/aromatic N) is 3. The van der Waals surface area contributed by atoms with Gasteiger partial charge in [-0.3, -0.25) is 14.5 Å². The van der Waals surface area contributed by atoms with E-state index >= 15 is 0 Å². The Labute approximate surface area is 243 Å². The number of carboxylic acids is 3. The fraction of sp³-hybridized carbons (Fsp3) is 0.517. The first-order valence-corrected chi connectivity index (χ1v) is 13.7. The minimum absolute atomic E-state index is 0.210. The van der Waals surface area contributed by atoms with E-state index in [1.165, 1.54) is 0 Å². The van der Waals surface area contributed by atoms with E-state index in [0.717, 1.165) is 36.3 Å². The number of piperidine rings is 1. The van der Waals surface area contributed by atoms with Crippen LogP contribution < -0.4 is 4.74 Å². The van der Waals surface area contributed by atoms with Crippen LogP contribution in [0.25, 0.3) is 0 Å². The Morgan fingerprint density at radius 3 is 2.19 bits per heavy atom. The van der Waals surface area contributed by atoms with Crippen LogP contribution in [0.1, 0.15) is 62.4 Å². The number of aliphatic carboxylic acids is 3. The molecule has 0 saturated carbocycles. The maximum Gasteiger partial charge on any atom is 0.336 e. The Kier molecular flexibility index (Phi) is 10.4. The highest BCUT2D eigenvalue weighted by atomic mass is 16.5. The highest BCUT2D eigenvalue weighted by molar-refractivity contribution is 5.88. The average molecular weight is 590 g/mol. The van der Waals surface area contributed by atoms with E-state index in [0.29, 0.717) is 43.7 Å². The van der Waals surface area contributed by atoms with Crippen LogP contribution in [0.3, 0.4) is 0 Å². The number of phenols is 1. The van der Waals surface area contributed by atoms with Gasteiger partial charge in [-0.2, -0.15) is 0 Å². The van der Waals surface area contributed by atoms with Gasteiger partial charge in [0.1, 0.15) is 11.4 Å². The third kappa shape index (κ3) is 7.46. The molecule has 6 N–H and O–H groups in total. The molecule has 3 heterocycles. The van der Waals surface area contributed by atoms with Crippen LogP contribution in [0, 0.1) is 0 Å². The lowest BCUT2D eigenvalue weighted by molar-refractivity contribution is -0.170. The zero-order valence-corrected chi connectivity index (χ0v) is 23.8. The molecule has 2 atom stereocenters. The smallest absolute Gasteiger partial charge is 0.336 e. The van der Waals surface area contributed by atoms with E-state index in [4.69, 9.17) is 25.2 Å². The summed E-state index contributed by atoms with van der Waals surface area (Å²) in [6.07, 6.45) is 7.35. The van der Waals surface area contributed by atoms with Crippen molar-refractivity contribution in [3.05, 3.63) is 54.1 Å². The second kappa shape index (κ2) is 13.4. The molecule has 2 bridgehead atoms. The number of hydrogen-bond donors (Lipinski definition) is 6. The van der Waals surface area contributed by atoms with Crippen LogP contribution in [0.5, 0.6) is 11.5 Å². The van der Waals surface area contributed by atoms with E-state index in [2.05, 4.69) is 22.5 Å². The number of imidazole rings is 1. The number of rotatable bonds is 12. The first kappa shape index (κ1) is 32.6. The van der Waals surface area contributed by atoms with Gasteiger partial charge < -0.3 is 39.9 Å². The summed E-state index contributed by atoms with van der Waals surface area (Å²) in [7, 11) is 1.95. The van der Waals surface area contributed by atoms with E-state index < -0.39 is 42.0 Å². The Hall–Kier alpha value is -3.94. The van der Waals surface area contributed by atoms with Crippen LogP contribution in [0.15, 0.2) is 37.2 Å². The highest BCUT2D eigenvalue weighted by Gasteiger charge is 2.49. The molecule has 2 saturated heterocycles. The van der Waals surface area contributed by atoms with E-state index in [1.807, 2.05) is 30.8 Å². The summed E-state index contributed by atoms with van der Waals surface area (Å²) < 4.78 is 7.60. The van der Waals surface area contributed by atoms with Gasteiger partial charge in [0, 0.05) is 43.6 Å². The van der Waals surface area contributed by atoms with Crippen molar-refractivity contribution in [3.63, 3.8) is 0 Å². The minimum atomic E-state index is -2.74. The summed E-state index contributed by atoms with van der Waals surface area (Å²) >= 11 is 0. The van der Waals surface area contributed by atoms with Crippen molar-refractivity contribution in [1.29, 1.82) is 0 Å². The number of aryl methyl sites for hydroxylation is 1. The summed E-state index contributed by atoms with van der Waals surface area (Å²) in [6, 6.07) is 4.65. The number of fused-ring (bicyclic) bond motifs is 2. The third-order valence-corrected chi connectivity index (χ3v) is 7.68. The number of carboxylic acid groups (broad SMARTS) is 3. The van der Waals surface area contributed by atoms with Gasteiger partial charge in [-0.15, -0.1) is 6.58 Å². The predicted octanol–water partition coefficient (Wildman–Crippen LogP) is 2.02. The third-order valence-electron chi connectivity index (χ3n) is 7.68. The number of aromatic hydroxyl groups is 1. The van der Waals surface area contributed by atoms with E-state index in [9.17, 15) is 24.6 Å². The fourth-order valence-corrected chi connectivity index (χ4v) is 5.89. The molecular weight excluding hydrogens is 550 g/mol. The van der Waals surface area contributed by atoms with Crippen LogP contribution in [0.2, 0.25) is 0 Å². The molecule has 0 aliphatic carbocycles. The molecule has 0 radical (unpaired) electrons. The van der Waals surface area contributed by atoms with Gasteiger partial charge in [0.2, 0.25) is 0 Å². The van der Waals surface area contributed by atoms with Crippen molar-refractivity contribution in [1.82, 2.24) is 14.5 Å². The molecule has 1 aromatic heterocycles. The van der Waals surface area contributed by atoms with Gasteiger partial charge in [-0.05, 0) is 50.7 Å². The summed E-state index contributed by atoms with van der Waals surface area (Å²) in [5.41, 5.74) is -1.63. The Morgan fingerprint density at radius 1 is 1.14 bits per heavy atom. The molecule has 2 aromatic rings. The van der Waals surface area contributed by atoms with Crippen molar-refractivity contribution >= 4 is 17.9 Å². The van der Waals surface area contributed by atoms with Gasteiger partial charge in [0.15, 0.2) is 17.1 Å². The average Bonchev–Trinajstić information content (AvgIpc) is 3.42. The second-order valence-electron chi connectivity index (χ2n) is 10.9. The molecule has 2 aliphatic rings. The molecule has 2 unspecified atom stereocenters. The van der Waals surface area contributed by atoms with Crippen molar-refractivity contribution in [2.45, 2.75) is 81.7 Å². The Morgan fingerprint density at radius 2 is 1.74 bits per heavy atom. The maximum atomic E-state index is 11.4. The Bertz CT molecular complexity index is 1280. The number of allylic oxidation sites excluding steroid dienone is 1. The van der Waals surface area contributed by atoms with Crippen molar-refractivity contribution in [2.75, 3.05) is 6.61 Å². The molecule has 42 heavy (non-hydrogen) atoms. The predicted molar refractivity (Wildman–Crippen MR) is 149 cm³/mol. The lowest BCUT2D eigenvalue weighted by atomic mass is 9.85. The molecule has 13 nitrogen and oxygen atoms in total. The van der Waals surface area contributed by atoms with Crippen molar-refractivity contribution in [3.8, 4) is 11.5 Å². The zero-order chi connectivity index (χ0) is 31.2. The zero-order valence-electron chi connectivity index (χ0n) is 23.8. The van der Waals surface area contributed by atoms with Gasteiger partial charge in [0.25, 0.3) is 0 Å². The normalized spacial score (nSPS) is 21.7. The van der Waals surface area contributed by atoms with Crippen LogP contribution in [-0.2, 0) is 40.0 Å². The monoisotopic (exact) mass is 589 g/mol. The molecule has 0 amide bonds. The number of carbonyl (C=O) groups is 3. The molecular formula is C29H39N3O10. The maximum absolute atomic E-state index is 11.4. The lowest BCUT2D eigenvalue weighted by Crippen LogP contribution is -2.50. The lowest BCUT2D eigenvalue weighted by Gasteiger charge is -2.43. The largest absolute Gasteiger partial charge is 0.504 e. The summed E-state index contributed by atoms with van der Waals surface area (Å²) in [4.78, 5) is 37.4. The second-order valence-corrected chi connectivity index (χ2v) is 10.9. The molecule has 0 spiro atoms. The minimum Gasteiger partial charge on any atom is -0.504 e. The van der Waals surface area contributed by atoms with Crippen molar-refractivity contribution < 1.29 is 49.8 Å². The first-order chi connectivity index (χ1) is 19.7. The molecule has 230 valence electrons. The molecule has 2 aliphatic heterocycles. The SMILES string of the molecule is C=CCc1cc(CN2C3CCC2CC(O)(c2nccn2C)C3)cc(OCC)c1O.O=C(O)CC(O)(CC(=O)O)C(=O)O. The van der Waals surface area contributed by atoms with E-state index in [1.54, 1.807) is 12.3 Å². The Balaban J connectivity index is 0.000000316. The standard InChI is InChI=1S/C23H31N3O3.C6H8O7/c1-4-6-17-11-16(12-20(21(17)27)29-5-2)15-26-18-7-8-19(26)14-23(28,13-18)22-24-9-10-25(22)3;7-3(8)1-6(13,5(11)12)2-4(9)10/h4,9-12,18-19,27-28H,1,5-8,13-15H2,2-3H3;13H,1-2H2,(H,7,8)(H,9,10)(H,11,12). The van der Waals surface area contributed by atoms with E-state index in [-0.39, 0.29) is 5.75 Å². The number of aromatic nitrogens is 2. The fourth-order valence-electron chi connectivity index (χ4n) is 5.89.